The second-order valence-electron chi connectivity index (χ2n) is 7.36. The van der Waals surface area contributed by atoms with Crippen molar-refractivity contribution in [3.05, 3.63) is 88.5 Å². The maximum Gasteiger partial charge on any atom is 0.162 e. The van der Waals surface area contributed by atoms with Crippen molar-refractivity contribution in [2.24, 2.45) is 5.73 Å². The summed E-state index contributed by atoms with van der Waals surface area (Å²) in [5.41, 5.74) is 9.21. The first-order valence-electron chi connectivity index (χ1n) is 10.7. The van der Waals surface area contributed by atoms with Crippen LogP contribution in [0.3, 0.4) is 0 Å². The lowest BCUT2D eigenvalue weighted by molar-refractivity contribution is 0.101. The largest absolute Gasteiger partial charge is 0.359 e. The van der Waals surface area contributed by atoms with Crippen LogP contribution >= 0.6 is 0 Å². The molecule has 0 unspecified atom stereocenters. The monoisotopic (exact) mass is 462 g/mol. The van der Waals surface area contributed by atoms with Gasteiger partial charge in [-0.1, -0.05) is 63.1 Å². The van der Waals surface area contributed by atoms with Crippen molar-refractivity contribution >= 4 is 5.78 Å². The predicted molar refractivity (Wildman–Crippen MR) is 137 cm³/mol. The normalized spacial score (nSPS) is 8.94. The lowest BCUT2D eigenvalue weighted by Gasteiger charge is -2.02. The molecule has 2 N–H and O–H groups in total. The number of nitrogens with two attached hydrogens (primary N) is 1. The van der Waals surface area contributed by atoms with Gasteiger partial charge < -0.3 is 5.73 Å². The molecule has 0 bridgehead atoms. The third-order valence-corrected chi connectivity index (χ3v) is 4.61. The lowest BCUT2D eigenvalue weighted by Crippen LogP contribution is -2.00. The van der Waals surface area contributed by atoms with Gasteiger partial charge in [0.25, 0.3) is 0 Å². The molecule has 34 heavy (non-hydrogen) atoms. The van der Waals surface area contributed by atoms with E-state index in [1.165, 1.54) is 6.92 Å². The number of rotatable bonds is 6. The van der Waals surface area contributed by atoms with Gasteiger partial charge in [0, 0.05) is 12.2 Å². The van der Waals surface area contributed by atoms with E-state index < -0.39 is 0 Å². The highest BCUT2D eigenvalue weighted by Crippen LogP contribution is 2.10. The molecule has 1 aromatic heterocycles. The van der Waals surface area contributed by atoms with Crippen LogP contribution in [0, 0.1) is 36.0 Å². The molecule has 180 valence electrons. The van der Waals surface area contributed by atoms with Crippen LogP contribution in [0.2, 0.25) is 0 Å². The molecule has 0 aliphatic rings. The van der Waals surface area contributed by atoms with Crippen molar-refractivity contribution in [1.82, 2.24) is 9.78 Å². The average Bonchev–Trinajstić information content (AvgIpc) is 3.28. The minimum atomic E-state index is -0.0871. The number of aromatic nitrogens is 2. The van der Waals surface area contributed by atoms with Crippen molar-refractivity contribution < 1.29 is 9.18 Å². The fourth-order valence-corrected chi connectivity index (χ4v) is 2.75. The van der Waals surface area contributed by atoms with E-state index in [2.05, 4.69) is 35.8 Å². The van der Waals surface area contributed by atoms with Gasteiger partial charge >= 0.3 is 0 Å². The van der Waals surface area contributed by atoms with E-state index >= 15 is 0 Å². The van der Waals surface area contributed by atoms with Crippen molar-refractivity contribution in [3.8, 4) is 18.0 Å². The summed E-state index contributed by atoms with van der Waals surface area (Å²) in [4.78, 5) is 11.1. The lowest BCUT2D eigenvalue weighted by atomic mass is 10.1. The first-order chi connectivity index (χ1) is 15.8. The number of hydrogen-bond donors (Lipinski definition) is 1. The van der Waals surface area contributed by atoms with Gasteiger partial charge in [0.05, 0.1) is 30.8 Å². The van der Waals surface area contributed by atoms with Crippen LogP contribution in [0.25, 0.3) is 0 Å². The summed E-state index contributed by atoms with van der Waals surface area (Å²) in [6.45, 7) is 7.72. The van der Waals surface area contributed by atoms with Gasteiger partial charge in [-0.2, -0.15) is 10.4 Å². The number of aryl methyl sites for hydroxylation is 2. The zero-order valence-electron chi connectivity index (χ0n) is 19.7. The molecule has 0 fully saturated rings. The number of benzene rings is 2. The minimum absolute atomic E-state index is 0. The molecule has 2 aromatic carbocycles. The maximum absolute atomic E-state index is 12.9. The van der Waals surface area contributed by atoms with E-state index in [0.717, 1.165) is 35.1 Å². The standard InChI is InChI=1S/C14H13N3O.C10H13F.C3H5N.CH4/c1-11(18)14-8-16-17(10-14)9-13-4-2-12(3-5-13)6-7-15;1-3-4-9-6-5-8(2)10(11)7-9;1-2-3-4;/h2-5,8,10H,6,9H2,1H3;5-7H,3-4H2,1-2H3;4H2,1H3;1H4. The molecule has 3 rings (SSSR count). The number of ketones is 1. The second kappa shape index (κ2) is 16.7. The third kappa shape index (κ3) is 11.1. The molecule has 6 heteroatoms. The highest BCUT2D eigenvalue weighted by atomic mass is 19.1. The van der Waals surface area contributed by atoms with Gasteiger partial charge in [-0.15, -0.1) is 0 Å². The van der Waals surface area contributed by atoms with Crippen molar-refractivity contribution in [1.29, 1.82) is 5.26 Å². The molecule has 5 nitrogen and oxygen atoms in total. The van der Waals surface area contributed by atoms with Crippen LogP contribution < -0.4 is 5.73 Å². The second-order valence-corrected chi connectivity index (χ2v) is 7.36. The molecule has 0 amide bonds. The fourth-order valence-electron chi connectivity index (χ4n) is 2.75. The maximum atomic E-state index is 12.9. The molecule has 3 aromatic rings. The number of hydrogen-bond acceptors (Lipinski definition) is 4. The van der Waals surface area contributed by atoms with Gasteiger partial charge in [0.1, 0.15) is 5.82 Å². The van der Waals surface area contributed by atoms with Gasteiger partial charge in [-0.3, -0.25) is 9.48 Å². The Bertz CT molecular complexity index is 1110. The van der Waals surface area contributed by atoms with Crippen LogP contribution in [0.4, 0.5) is 4.39 Å². The summed E-state index contributed by atoms with van der Waals surface area (Å²) in [7, 11) is 0. The van der Waals surface area contributed by atoms with Gasteiger partial charge in [0.2, 0.25) is 0 Å². The summed E-state index contributed by atoms with van der Waals surface area (Å²) in [5.74, 6) is 2.39. The molecule has 1 heterocycles. The third-order valence-electron chi connectivity index (χ3n) is 4.61. The van der Waals surface area contributed by atoms with E-state index in [0.29, 0.717) is 18.5 Å². The smallest absolute Gasteiger partial charge is 0.162 e. The number of halogens is 1. The predicted octanol–water partition coefficient (Wildman–Crippen LogP) is 5.85. The quantitative estimate of drug-likeness (QED) is 0.283. The molecular weight excluding hydrogens is 427 g/mol. The number of carbonyl (C=O) groups is 1. The zero-order chi connectivity index (χ0) is 24.6. The van der Waals surface area contributed by atoms with E-state index in [1.54, 1.807) is 37.0 Å². The Morgan fingerprint density at radius 3 is 2.21 bits per heavy atom. The average molecular weight is 463 g/mol. The van der Waals surface area contributed by atoms with Crippen LogP contribution in [0.15, 0.2) is 54.9 Å². The summed E-state index contributed by atoms with van der Waals surface area (Å²) >= 11 is 0. The molecule has 0 atom stereocenters. The highest BCUT2D eigenvalue weighted by Gasteiger charge is 2.03. The van der Waals surface area contributed by atoms with Gasteiger partial charge in [-0.05, 0) is 55.5 Å². The van der Waals surface area contributed by atoms with Crippen molar-refractivity contribution in [3.63, 3.8) is 0 Å². The Morgan fingerprint density at radius 1 is 1.15 bits per heavy atom. The molecule has 0 spiro atoms. The van der Waals surface area contributed by atoms with E-state index in [1.807, 2.05) is 36.4 Å². The SMILES string of the molecule is C.CC#CN.CC(=O)c1cnn(Cc2ccc(CC#N)cc2)c1.CCCc1ccc(C)c(F)c1. The Labute approximate surface area is 203 Å². The summed E-state index contributed by atoms with van der Waals surface area (Å²) in [5, 5.41) is 12.7. The van der Waals surface area contributed by atoms with Gasteiger partial charge in [-0.25, -0.2) is 4.39 Å². The Balaban J connectivity index is 0.000000583. The van der Waals surface area contributed by atoms with E-state index in [4.69, 9.17) is 5.26 Å². The molecule has 0 saturated heterocycles. The van der Waals surface area contributed by atoms with Crippen LogP contribution in [-0.2, 0) is 19.4 Å². The van der Waals surface area contributed by atoms with Gasteiger partial charge in [0.15, 0.2) is 5.78 Å². The van der Waals surface area contributed by atoms with E-state index in [-0.39, 0.29) is 19.0 Å². The highest BCUT2D eigenvalue weighted by molar-refractivity contribution is 5.93. The van der Waals surface area contributed by atoms with Crippen molar-refractivity contribution in [2.45, 2.75) is 60.9 Å². The summed E-state index contributed by atoms with van der Waals surface area (Å²) in [6.07, 6.45) is 5.79. The van der Waals surface area contributed by atoms with Crippen molar-refractivity contribution in [2.75, 3.05) is 0 Å². The molecular formula is C28H35FN4O. The molecule has 0 aliphatic carbocycles. The Hall–Kier alpha value is -3.90. The Morgan fingerprint density at radius 2 is 1.74 bits per heavy atom. The molecule has 0 aliphatic heterocycles. The van der Waals surface area contributed by atoms with Crippen LogP contribution in [-0.4, -0.2) is 15.6 Å². The topological polar surface area (TPSA) is 84.7 Å². The number of Topliss-reactive ketones (excluding diaryl/α,β-unsaturated/α-hetero) is 1. The minimum Gasteiger partial charge on any atom is -0.359 e. The first-order valence-corrected chi connectivity index (χ1v) is 10.7. The summed E-state index contributed by atoms with van der Waals surface area (Å²) < 4.78 is 14.6. The van der Waals surface area contributed by atoms with E-state index in [9.17, 15) is 9.18 Å². The van der Waals surface area contributed by atoms with Crippen LogP contribution in [0.5, 0.6) is 0 Å². The van der Waals surface area contributed by atoms with Crippen LogP contribution in [0.1, 0.15) is 67.2 Å². The first kappa shape index (κ1) is 30.1. The molecule has 0 saturated carbocycles. The Kier molecular flexibility index (Phi) is 14.8. The number of nitriles is 1. The molecule has 0 radical (unpaired) electrons. The zero-order valence-corrected chi connectivity index (χ0v) is 19.7. The summed E-state index contributed by atoms with van der Waals surface area (Å²) in [6, 6.07) is 17.6. The number of carbonyl (C=O) groups excluding carboxylic acids is 1. The number of nitrogens with zero attached hydrogens (tertiary/aromatic N) is 3. The fraction of sp³-hybridized carbons (Fsp3) is 0.321.